The van der Waals surface area contributed by atoms with Gasteiger partial charge < -0.3 is 15.1 Å². The van der Waals surface area contributed by atoms with Crippen LogP contribution in [0.25, 0.3) is 0 Å². The van der Waals surface area contributed by atoms with Gasteiger partial charge in [-0.1, -0.05) is 12.8 Å². The van der Waals surface area contributed by atoms with Gasteiger partial charge in [-0.2, -0.15) is 0 Å². The van der Waals surface area contributed by atoms with Crippen LogP contribution in [0.2, 0.25) is 0 Å². The summed E-state index contributed by atoms with van der Waals surface area (Å²) >= 11 is 0. The van der Waals surface area contributed by atoms with Crippen molar-refractivity contribution in [2.24, 2.45) is 11.8 Å². The lowest BCUT2D eigenvalue weighted by atomic mass is 9.84. The second-order valence-corrected chi connectivity index (χ2v) is 7.07. The number of nitrogens with one attached hydrogen (secondary N) is 1. The largest absolute Gasteiger partial charge is 0.335 e. The van der Waals surface area contributed by atoms with Crippen LogP contribution in [0.15, 0.2) is 0 Å². The van der Waals surface area contributed by atoms with E-state index in [4.69, 9.17) is 0 Å². The third kappa shape index (κ3) is 3.27. The molecule has 0 radical (unpaired) electrons. The van der Waals surface area contributed by atoms with Crippen LogP contribution in [0.3, 0.4) is 0 Å². The molecule has 3 rings (SSSR count). The topological polar surface area (TPSA) is 35.6 Å². The zero-order valence-corrected chi connectivity index (χ0v) is 12.8. The minimum Gasteiger partial charge on any atom is -0.335 e. The summed E-state index contributed by atoms with van der Waals surface area (Å²) in [6.07, 6.45) is 8.77. The molecular formula is C16H29N3O. The molecule has 0 aromatic carbocycles. The molecule has 0 aromatic rings. The smallest absolute Gasteiger partial charge is 0.317 e. The number of hydrogen-bond acceptors (Lipinski definition) is 2. The molecule has 0 bridgehead atoms. The third-order valence-electron chi connectivity index (χ3n) is 5.62. The molecule has 3 fully saturated rings. The number of nitrogens with zero attached hydrogens (tertiary/aromatic N) is 2. The Hall–Kier alpha value is -0.770. The maximum atomic E-state index is 12.3. The van der Waals surface area contributed by atoms with Crippen LogP contribution in [0, 0.1) is 11.8 Å². The number of carbonyl (C=O) groups is 1. The van der Waals surface area contributed by atoms with Gasteiger partial charge in [-0.3, -0.25) is 0 Å². The van der Waals surface area contributed by atoms with E-state index in [1.165, 1.54) is 58.0 Å². The van der Waals surface area contributed by atoms with Crippen molar-refractivity contribution in [1.82, 2.24) is 15.1 Å². The van der Waals surface area contributed by atoms with Crippen LogP contribution in [-0.4, -0.2) is 55.1 Å². The minimum absolute atomic E-state index is 0.201. The lowest BCUT2D eigenvalue weighted by Crippen LogP contribution is -2.43. The van der Waals surface area contributed by atoms with Gasteiger partial charge in [0.05, 0.1) is 0 Å². The molecule has 2 amide bonds. The maximum absolute atomic E-state index is 12.3. The molecule has 1 aliphatic carbocycles. The lowest BCUT2D eigenvalue weighted by Gasteiger charge is -2.32. The molecule has 2 aliphatic heterocycles. The molecule has 4 nitrogen and oxygen atoms in total. The van der Waals surface area contributed by atoms with Gasteiger partial charge in [0, 0.05) is 19.1 Å². The van der Waals surface area contributed by atoms with Crippen molar-refractivity contribution in [2.75, 3.05) is 33.2 Å². The summed E-state index contributed by atoms with van der Waals surface area (Å²) in [6, 6.07) is 0.650. The molecule has 114 valence electrons. The van der Waals surface area contributed by atoms with E-state index in [1.54, 1.807) is 0 Å². The van der Waals surface area contributed by atoms with Gasteiger partial charge in [0.15, 0.2) is 0 Å². The highest BCUT2D eigenvalue weighted by Crippen LogP contribution is 2.31. The summed E-state index contributed by atoms with van der Waals surface area (Å²) in [5, 5.41) is 3.23. The fourth-order valence-corrected chi connectivity index (χ4v) is 4.19. The van der Waals surface area contributed by atoms with Crippen LogP contribution < -0.4 is 5.32 Å². The molecule has 1 unspecified atom stereocenters. The number of likely N-dealkylation sites (tertiary alicyclic amines) is 2. The summed E-state index contributed by atoms with van der Waals surface area (Å²) < 4.78 is 0. The molecule has 2 saturated heterocycles. The first kappa shape index (κ1) is 14.2. The van der Waals surface area contributed by atoms with E-state index in [9.17, 15) is 4.79 Å². The van der Waals surface area contributed by atoms with E-state index >= 15 is 0 Å². The highest BCUT2D eigenvalue weighted by molar-refractivity contribution is 5.74. The molecular weight excluding hydrogens is 250 g/mol. The SMILES string of the molecule is CN1CCC(C2CCN(C(=O)NC3CCCC3)C2)CC1. The van der Waals surface area contributed by atoms with Crippen molar-refractivity contribution < 1.29 is 4.79 Å². The first-order valence-electron chi connectivity index (χ1n) is 8.46. The average molecular weight is 279 g/mol. The third-order valence-corrected chi connectivity index (χ3v) is 5.62. The van der Waals surface area contributed by atoms with E-state index in [0.29, 0.717) is 6.04 Å². The van der Waals surface area contributed by atoms with Gasteiger partial charge in [-0.25, -0.2) is 4.79 Å². The van der Waals surface area contributed by atoms with Gasteiger partial charge in [0.2, 0.25) is 0 Å². The number of piperidine rings is 1. The van der Waals surface area contributed by atoms with Crippen molar-refractivity contribution in [3.05, 3.63) is 0 Å². The predicted octanol–water partition coefficient (Wildman–Crippen LogP) is 2.30. The van der Waals surface area contributed by atoms with Crippen molar-refractivity contribution in [2.45, 2.75) is 51.0 Å². The number of amides is 2. The number of hydrogen-bond donors (Lipinski definition) is 1. The van der Waals surface area contributed by atoms with E-state index in [0.717, 1.165) is 24.9 Å². The lowest BCUT2D eigenvalue weighted by molar-refractivity contribution is 0.167. The van der Waals surface area contributed by atoms with Crippen molar-refractivity contribution in [3.8, 4) is 0 Å². The van der Waals surface area contributed by atoms with Crippen molar-refractivity contribution in [3.63, 3.8) is 0 Å². The zero-order chi connectivity index (χ0) is 13.9. The standard InChI is InChI=1S/C16H29N3O/c1-18-9-6-13(7-10-18)14-8-11-19(12-14)16(20)17-15-4-2-3-5-15/h13-15H,2-12H2,1H3,(H,17,20). The van der Waals surface area contributed by atoms with Gasteiger partial charge in [0.25, 0.3) is 0 Å². The van der Waals surface area contributed by atoms with Crippen LogP contribution in [-0.2, 0) is 0 Å². The minimum atomic E-state index is 0.201. The van der Waals surface area contributed by atoms with E-state index in [2.05, 4.69) is 22.2 Å². The quantitative estimate of drug-likeness (QED) is 0.842. The monoisotopic (exact) mass is 279 g/mol. The fourth-order valence-electron chi connectivity index (χ4n) is 4.19. The first-order valence-corrected chi connectivity index (χ1v) is 8.46. The fraction of sp³-hybridized carbons (Fsp3) is 0.938. The normalized spacial score (nSPS) is 30.1. The number of urea groups is 1. The van der Waals surface area contributed by atoms with Gasteiger partial charge in [0.1, 0.15) is 0 Å². The van der Waals surface area contributed by atoms with Crippen LogP contribution in [0.1, 0.15) is 44.9 Å². The molecule has 2 heterocycles. The molecule has 0 spiro atoms. The summed E-state index contributed by atoms with van der Waals surface area (Å²) in [5.41, 5.74) is 0. The van der Waals surface area contributed by atoms with Gasteiger partial charge >= 0.3 is 6.03 Å². The number of rotatable bonds is 2. The van der Waals surface area contributed by atoms with Crippen LogP contribution in [0.5, 0.6) is 0 Å². The Kier molecular flexibility index (Phi) is 4.49. The second-order valence-electron chi connectivity index (χ2n) is 7.07. The molecule has 1 saturated carbocycles. The summed E-state index contributed by atoms with van der Waals surface area (Å²) in [4.78, 5) is 16.8. The van der Waals surface area contributed by atoms with Crippen molar-refractivity contribution >= 4 is 6.03 Å². The molecule has 0 aromatic heterocycles. The van der Waals surface area contributed by atoms with E-state index in [1.807, 2.05) is 0 Å². The second kappa shape index (κ2) is 6.33. The average Bonchev–Trinajstić information content (AvgIpc) is 3.10. The first-order chi connectivity index (χ1) is 9.72. The summed E-state index contributed by atoms with van der Waals surface area (Å²) in [5.74, 6) is 1.59. The molecule has 20 heavy (non-hydrogen) atoms. The summed E-state index contributed by atoms with van der Waals surface area (Å²) in [6.45, 7) is 4.42. The van der Waals surface area contributed by atoms with Gasteiger partial charge in [-0.05, 0) is 64.1 Å². The Balaban J connectivity index is 1.45. The van der Waals surface area contributed by atoms with Crippen molar-refractivity contribution in [1.29, 1.82) is 0 Å². The maximum Gasteiger partial charge on any atom is 0.317 e. The van der Waals surface area contributed by atoms with E-state index in [-0.39, 0.29) is 6.03 Å². The Morgan fingerprint density at radius 2 is 1.60 bits per heavy atom. The molecule has 1 N–H and O–H groups in total. The molecule has 1 atom stereocenters. The zero-order valence-electron chi connectivity index (χ0n) is 12.8. The van der Waals surface area contributed by atoms with Gasteiger partial charge in [-0.15, -0.1) is 0 Å². The predicted molar refractivity (Wildman–Crippen MR) is 80.7 cm³/mol. The Morgan fingerprint density at radius 1 is 0.950 bits per heavy atom. The van der Waals surface area contributed by atoms with E-state index < -0.39 is 0 Å². The number of carbonyl (C=O) groups excluding carboxylic acids is 1. The molecule has 3 aliphatic rings. The Labute approximate surface area is 122 Å². The highest BCUT2D eigenvalue weighted by atomic mass is 16.2. The molecule has 4 heteroatoms. The Morgan fingerprint density at radius 3 is 2.30 bits per heavy atom. The highest BCUT2D eigenvalue weighted by Gasteiger charge is 2.33. The Bertz CT molecular complexity index is 333. The van der Waals surface area contributed by atoms with Crippen LogP contribution in [0.4, 0.5) is 4.79 Å². The van der Waals surface area contributed by atoms with Crippen LogP contribution >= 0.6 is 0 Å². The summed E-state index contributed by atoms with van der Waals surface area (Å²) in [7, 11) is 2.21.